The summed E-state index contributed by atoms with van der Waals surface area (Å²) >= 11 is 1.37. The van der Waals surface area contributed by atoms with Crippen molar-refractivity contribution in [2.45, 2.75) is 71.4 Å². The molecule has 2 amide bonds. The molecule has 1 N–H and O–H groups in total. The molecule has 0 saturated heterocycles. The second kappa shape index (κ2) is 11.7. The summed E-state index contributed by atoms with van der Waals surface area (Å²) < 4.78 is 5.35. The Morgan fingerprint density at radius 3 is 2.28 bits per heavy atom. The predicted molar refractivity (Wildman–Crippen MR) is 145 cm³/mol. The Bertz CT molecular complexity index is 1180. The smallest absolute Gasteiger partial charge is 0.271 e. The summed E-state index contributed by atoms with van der Waals surface area (Å²) in [4.78, 5) is 34.8. The predicted octanol–water partition coefficient (Wildman–Crippen LogP) is 6.17. The lowest BCUT2D eigenvalue weighted by Gasteiger charge is -2.33. The fourth-order valence-electron chi connectivity index (χ4n) is 4.85. The normalized spacial score (nSPS) is 14.8. The minimum absolute atomic E-state index is 0.124. The first-order valence-corrected chi connectivity index (χ1v) is 13.5. The summed E-state index contributed by atoms with van der Waals surface area (Å²) in [7, 11) is 1.61. The summed E-state index contributed by atoms with van der Waals surface area (Å²) in [5.74, 6) is 0.310. The highest BCUT2D eigenvalue weighted by molar-refractivity contribution is 7.13. The average molecular weight is 506 g/mol. The first kappa shape index (κ1) is 25.9. The Morgan fingerprint density at radius 1 is 1.06 bits per heavy atom. The summed E-state index contributed by atoms with van der Waals surface area (Å²) in [6.07, 6.45) is 6.25. The monoisotopic (exact) mass is 505 g/mol. The van der Waals surface area contributed by atoms with Crippen molar-refractivity contribution in [3.8, 4) is 5.75 Å². The van der Waals surface area contributed by atoms with Crippen molar-refractivity contribution < 1.29 is 14.3 Å². The van der Waals surface area contributed by atoms with Crippen molar-refractivity contribution >= 4 is 28.8 Å². The Labute approximate surface area is 217 Å². The molecule has 0 spiro atoms. The fraction of sp³-hybridized carbons (Fsp3) is 0.414. The molecule has 0 unspecified atom stereocenters. The number of amides is 2. The number of ether oxygens (including phenoxy) is 1. The number of rotatable bonds is 8. The average Bonchev–Trinajstić information content (AvgIpc) is 3.25. The van der Waals surface area contributed by atoms with E-state index in [4.69, 9.17) is 4.74 Å². The second-order valence-corrected chi connectivity index (χ2v) is 10.6. The highest BCUT2D eigenvalue weighted by Gasteiger charge is 2.36. The standard InChI is InChI=1S/C29H35N3O3S/c1-5-21-11-15-24(16-12-21)32(29(34)27-19(2)30-20(3)36-27)26(22-13-17-25(35-4)18-14-22)28(33)31-23-9-7-6-8-10-23/h11-18,23,26H,5-10H2,1-4H3,(H,31,33)/t26-/m1/s1. The van der Waals surface area contributed by atoms with Crippen molar-refractivity contribution in [2.75, 3.05) is 12.0 Å². The summed E-state index contributed by atoms with van der Waals surface area (Å²) in [5, 5.41) is 4.09. The molecule has 0 radical (unpaired) electrons. The van der Waals surface area contributed by atoms with E-state index in [0.29, 0.717) is 22.0 Å². The third kappa shape index (κ3) is 5.78. The molecule has 1 aliphatic carbocycles. The Hall–Kier alpha value is -3.19. The molecule has 6 nitrogen and oxygen atoms in total. The van der Waals surface area contributed by atoms with E-state index in [1.54, 1.807) is 12.0 Å². The van der Waals surface area contributed by atoms with Gasteiger partial charge in [0.2, 0.25) is 5.91 Å². The maximum absolute atomic E-state index is 14.2. The summed E-state index contributed by atoms with van der Waals surface area (Å²) in [6.45, 7) is 5.84. The summed E-state index contributed by atoms with van der Waals surface area (Å²) in [6, 6.07) is 14.6. The third-order valence-corrected chi connectivity index (χ3v) is 7.89. The molecule has 4 rings (SSSR count). The van der Waals surface area contributed by atoms with Crippen molar-refractivity contribution in [2.24, 2.45) is 0 Å². The molecule has 1 heterocycles. The molecule has 3 aromatic rings. The van der Waals surface area contributed by atoms with Gasteiger partial charge in [-0.2, -0.15) is 0 Å². The van der Waals surface area contributed by atoms with Gasteiger partial charge >= 0.3 is 0 Å². The molecule has 190 valence electrons. The Kier molecular flexibility index (Phi) is 8.41. The zero-order valence-electron chi connectivity index (χ0n) is 21.5. The number of anilines is 1. The van der Waals surface area contributed by atoms with Gasteiger partial charge in [-0.25, -0.2) is 4.98 Å². The van der Waals surface area contributed by atoms with Gasteiger partial charge in [-0.1, -0.05) is 50.5 Å². The highest BCUT2D eigenvalue weighted by atomic mass is 32.1. The molecular weight excluding hydrogens is 470 g/mol. The minimum atomic E-state index is -0.834. The van der Waals surface area contributed by atoms with Gasteiger partial charge in [-0.15, -0.1) is 11.3 Å². The maximum Gasteiger partial charge on any atom is 0.271 e. The molecule has 0 bridgehead atoms. The van der Waals surface area contributed by atoms with Gasteiger partial charge in [0.25, 0.3) is 5.91 Å². The van der Waals surface area contributed by atoms with Gasteiger partial charge in [0.15, 0.2) is 0 Å². The number of thiazole rings is 1. The van der Waals surface area contributed by atoms with Crippen molar-refractivity contribution in [3.05, 3.63) is 75.2 Å². The molecular formula is C29H35N3O3S. The van der Waals surface area contributed by atoms with E-state index in [1.165, 1.54) is 23.3 Å². The molecule has 1 saturated carbocycles. The van der Waals surface area contributed by atoms with Gasteiger partial charge in [0.05, 0.1) is 17.8 Å². The highest BCUT2D eigenvalue weighted by Crippen LogP contribution is 2.33. The van der Waals surface area contributed by atoms with Crippen molar-refractivity contribution in [1.29, 1.82) is 0 Å². The maximum atomic E-state index is 14.2. The van der Waals surface area contributed by atoms with E-state index in [9.17, 15) is 9.59 Å². The van der Waals surface area contributed by atoms with E-state index >= 15 is 0 Å². The molecule has 1 atom stereocenters. The molecule has 36 heavy (non-hydrogen) atoms. The zero-order chi connectivity index (χ0) is 25.7. The topological polar surface area (TPSA) is 71.5 Å². The Balaban J connectivity index is 1.81. The molecule has 1 aliphatic rings. The lowest BCUT2D eigenvalue weighted by molar-refractivity contribution is -0.123. The number of nitrogens with one attached hydrogen (secondary N) is 1. The van der Waals surface area contributed by atoms with Crippen LogP contribution in [-0.4, -0.2) is 29.9 Å². The van der Waals surface area contributed by atoms with Crippen LogP contribution in [0.4, 0.5) is 5.69 Å². The van der Waals surface area contributed by atoms with Crippen molar-refractivity contribution in [3.63, 3.8) is 0 Å². The Morgan fingerprint density at radius 2 is 1.72 bits per heavy atom. The van der Waals surface area contributed by atoms with Crippen LogP contribution >= 0.6 is 11.3 Å². The third-order valence-electron chi connectivity index (χ3n) is 6.83. The van der Waals surface area contributed by atoms with Gasteiger partial charge < -0.3 is 10.1 Å². The van der Waals surface area contributed by atoms with Crippen LogP contribution in [0.1, 0.15) is 76.6 Å². The largest absolute Gasteiger partial charge is 0.497 e. The van der Waals surface area contributed by atoms with Gasteiger partial charge in [-0.05, 0) is 68.5 Å². The number of carbonyl (C=O) groups excluding carboxylic acids is 2. The number of hydrogen-bond donors (Lipinski definition) is 1. The van der Waals surface area contributed by atoms with Crippen LogP contribution in [0.25, 0.3) is 0 Å². The fourth-order valence-corrected chi connectivity index (χ4v) is 5.70. The van der Waals surface area contributed by atoms with Gasteiger partial charge in [0, 0.05) is 11.7 Å². The van der Waals surface area contributed by atoms with Gasteiger partial charge in [0.1, 0.15) is 16.7 Å². The number of hydrogen-bond acceptors (Lipinski definition) is 5. The van der Waals surface area contributed by atoms with E-state index in [-0.39, 0.29) is 17.9 Å². The number of aryl methyl sites for hydroxylation is 3. The van der Waals surface area contributed by atoms with E-state index in [1.807, 2.05) is 62.4 Å². The number of benzene rings is 2. The van der Waals surface area contributed by atoms with Crippen LogP contribution in [0.15, 0.2) is 48.5 Å². The number of aromatic nitrogens is 1. The van der Waals surface area contributed by atoms with E-state index in [0.717, 1.165) is 42.7 Å². The number of methoxy groups -OCH3 is 1. The quantitative estimate of drug-likeness (QED) is 0.398. The van der Waals surface area contributed by atoms with Gasteiger partial charge in [-0.3, -0.25) is 14.5 Å². The second-order valence-electron chi connectivity index (χ2n) is 9.36. The first-order valence-electron chi connectivity index (χ1n) is 12.7. The zero-order valence-corrected chi connectivity index (χ0v) is 22.4. The molecule has 1 fully saturated rings. The lowest BCUT2D eigenvalue weighted by Crippen LogP contribution is -2.47. The number of carbonyl (C=O) groups is 2. The van der Waals surface area contributed by atoms with Crippen LogP contribution < -0.4 is 15.0 Å². The van der Waals surface area contributed by atoms with Crippen LogP contribution in [-0.2, 0) is 11.2 Å². The van der Waals surface area contributed by atoms with Crippen LogP contribution in [0.5, 0.6) is 5.75 Å². The van der Waals surface area contributed by atoms with Crippen LogP contribution in [0.3, 0.4) is 0 Å². The SMILES string of the molecule is CCc1ccc(N(C(=O)c2sc(C)nc2C)[C@@H](C(=O)NC2CCCCC2)c2ccc(OC)cc2)cc1. The lowest BCUT2D eigenvalue weighted by atomic mass is 9.94. The molecule has 0 aliphatic heterocycles. The summed E-state index contributed by atoms with van der Waals surface area (Å²) in [5.41, 5.74) is 3.26. The van der Waals surface area contributed by atoms with Crippen LogP contribution in [0, 0.1) is 13.8 Å². The minimum Gasteiger partial charge on any atom is -0.497 e. The molecule has 2 aromatic carbocycles. The van der Waals surface area contributed by atoms with E-state index < -0.39 is 6.04 Å². The molecule has 7 heteroatoms. The van der Waals surface area contributed by atoms with Crippen molar-refractivity contribution in [1.82, 2.24) is 10.3 Å². The van der Waals surface area contributed by atoms with Crippen LogP contribution in [0.2, 0.25) is 0 Å². The first-order chi connectivity index (χ1) is 17.4. The number of nitrogens with zero attached hydrogens (tertiary/aromatic N) is 2. The van der Waals surface area contributed by atoms with E-state index in [2.05, 4.69) is 17.2 Å². The molecule has 1 aromatic heterocycles.